The zero-order valence-electron chi connectivity index (χ0n) is 9.49. The molecule has 0 N–H and O–H groups in total. The van der Waals surface area contributed by atoms with Crippen LogP contribution in [-0.2, 0) is 0 Å². The Hall–Kier alpha value is -1.29. The first kappa shape index (κ1) is 11.2. The van der Waals surface area contributed by atoms with Gasteiger partial charge in [-0.05, 0) is 54.0 Å². The fraction of sp³-hybridized carbons (Fsp3) is 0.250. The monoisotopic (exact) mass is 280 g/mol. The third-order valence-electron chi connectivity index (χ3n) is 2.52. The van der Waals surface area contributed by atoms with Gasteiger partial charge >= 0.3 is 0 Å². The summed E-state index contributed by atoms with van der Waals surface area (Å²) in [6.45, 7) is 4.02. The summed E-state index contributed by atoms with van der Waals surface area (Å²) in [7, 11) is 1.66. The lowest BCUT2D eigenvalue weighted by molar-refractivity contribution is 0.414. The van der Waals surface area contributed by atoms with Crippen LogP contribution in [0.25, 0.3) is 5.69 Å². The van der Waals surface area contributed by atoms with Crippen LogP contribution in [0.15, 0.2) is 28.7 Å². The van der Waals surface area contributed by atoms with Gasteiger partial charge in [-0.3, -0.25) is 0 Å². The zero-order chi connectivity index (χ0) is 11.7. The number of methoxy groups -OCH3 is 1. The average molecular weight is 281 g/mol. The summed E-state index contributed by atoms with van der Waals surface area (Å²) < 4.78 is 8.10. The molecule has 0 amide bonds. The molecule has 16 heavy (non-hydrogen) atoms. The highest BCUT2D eigenvalue weighted by molar-refractivity contribution is 9.10. The summed E-state index contributed by atoms with van der Waals surface area (Å²) in [5.74, 6) is 0.851. The molecule has 0 saturated heterocycles. The molecule has 0 saturated carbocycles. The van der Waals surface area contributed by atoms with Crippen LogP contribution in [0.3, 0.4) is 0 Å². The Morgan fingerprint density at radius 2 is 1.81 bits per heavy atom. The van der Waals surface area contributed by atoms with E-state index >= 15 is 0 Å². The molecule has 0 aliphatic rings. The maximum Gasteiger partial charge on any atom is 0.119 e. The SMILES string of the molecule is COc1ccc(-n2nc(C)c(Br)c2C)cc1. The highest BCUT2D eigenvalue weighted by atomic mass is 79.9. The highest BCUT2D eigenvalue weighted by Crippen LogP contribution is 2.23. The summed E-state index contributed by atoms with van der Waals surface area (Å²) >= 11 is 3.52. The number of aromatic nitrogens is 2. The molecule has 0 unspecified atom stereocenters. The van der Waals surface area contributed by atoms with E-state index in [4.69, 9.17) is 4.74 Å². The molecule has 84 valence electrons. The minimum absolute atomic E-state index is 0.851. The molecule has 0 aliphatic carbocycles. The number of rotatable bonds is 2. The van der Waals surface area contributed by atoms with Gasteiger partial charge in [-0.25, -0.2) is 4.68 Å². The second kappa shape index (κ2) is 4.29. The molecule has 0 radical (unpaired) electrons. The first-order chi connectivity index (χ1) is 7.63. The van der Waals surface area contributed by atoms with E-state index in [0.29, 0.717) is 0 Å². The van der Waals surface area contributed by atoms with Crippen molar-refractivity contribution in [3.8, 4) is 11.4 Å². The maximum absolute atomic E-state index is 5.13. The normalized spacial score (nSPS) is 10.5. The smallest absolute Gasteiger partial charge is 0.119 e. The van der Waals surface area contributed by atoms with Crippen LogP contribution in [0.5, 0.6) is 5.75 Å². The number of aryl methyl sites for hydroxylation is 1. The van der Waals surface area contributed by atoms with E-state index in [1.807, 2.05) is 42.8 Å². The van der Waals surface area contributed by atoms with E-state index in [1.54, 1.807) is 7.11 Å². The molecule has 0 bridgehead atoms. The fourth-order valence-corrected chi connectivity index (χ4v) is 1.85. The standard InChI is InChI=1S/C12H13BrN2O/c1-8-12(13)9(2)15(14-8)10-4-6-11(16-3)7-5-10/h4-7H,1-3H3. The Bertz CT molecular complexity index is 502. The number of hydrogen-bond donors (Lipinski definition) is 0. The Morgan fingerprint density at radius 3 is 2.25 bits per heavy atom. The molecule has 1 heterocycles. The van der Waals surface area contributed by atoms with Gasteiger partial charge < -0.3 is 4.74 Å². The van der Waals surface area contributed by atoms with E-state index in [2.05, 4.69) is 21.0 Å². The molecule has 1 aromatic heterocycles. The predicted molar refractivity (Wildman–Crippen MR) is 67.3 cm³/mol. The van der Waals surface area contributed by atoms with Crippen LogP contribution in [0, 0.1) is 13.8 Å². The van der Waals surface area contributed by atoms with E-state index in [-0.39, 0.29) is 0 Å². The predicted octanol–water partition coefficient (Wildman–Crippen LogP) is 3.26. The lowest BCUT2D eigenvalue weighted by Crippen LogP contribution is -1.98. The van der Waals surface area contributed by atoms with Crippen LogP contribution in [0.1, 0.15) is 11.4 Å². The van der Waals surface area contributed by atoms with Crippen molar-refractivity contribution in [2.24, 2.45) is 0 Å². The maximum atomic E-state index is 5.13. The van der Waals surface area contributed by atoms with Gasteiger partial charge in [-0.15, -0.1) is 0 Å². The quantitative estimate of drug-likeness (QED) is 0.844. The Morgan fingerprint density at radius 1 is 1.19 bits per heavy atom. The third kappa shape index (κ3) is 1.85. The molecular formula is C12H13BrN2O. The van der Waals surface area contributed by atoms with E-state index in [1.165, 1.54) is 0 Å². The lowest BCUT2D eigenvalue weighted by Gasteiger charge is -2.05. The molecule has 1 aromatic carbocycles. The summed E-state index contributed by atoms with van der Waals surface area (Å²) in [6, 6.07) is 7.84. The van der Waals surface area contributed by atoms with Crippen molar-refractivity contribution in [3.63, 3.8) is 0 Å². The average Bonchev–Trinajstić information content (AvgIpc) is 2.57. The minimum atomic E-state index is 0.851. The molecule has 0 atom stereocenters. The molecule has 2 rings (SSSR count). The van der Waals surface area contributed by atoms with Gasteiger partial charge in [-0.1, -0.05) is 0 Å². The zero-order valence-corrected chi connectivity index (χ0v) is 11.1. The fourth-order valence-electron chi connectivity index (χ4n) is 1.60. The van der Waals surface area contributed by atoms with Gasteiger partial charge in [0.15, 0.2) is 0 Å². The highest BCUT2D eigenvalue weighted by Gasteiger charge is 2.09. The molecule has 0 fully saturated rings. The van der Waals surface area contributed by atoms with Crippen LogP contribution in [0.4, 0.5) is 0 Å². The minimum Gasteiger partial charge on any atom is -0.497 e. The molecule has 0 spiro atoms. The molecular weight excluding hydrogens is 268 g/mol. The summed E-state index contributed by atoms with van der Waals surface area (Å²) in [5.41, 5.74) is 3.13. The van der Waals surface area contributed by atoms with Gasteiger partial charge in [0.25, 0.3) is 0 Å². The van der Waals surface area contributed by atoms with Crippen molar-refractivity contribution in [3.05, 3.63) is 40.1 Å². The summed E-state index contributed by atoms with van der Waals surface area (Å²) in [5, 5.41) is 4.46. The van der Waals surface area contributed by atoms with Gasteiger partial charge in [-0.2, -0.15) is 5.10 Å². The Balaban J connectivity index is 2.46. The van der Waals surface area contributed by atoms with E-state index < -0.39 is 0 Å². The summed E-state index contributed by atoms with van der Waals surface area (Å²) in [4.78, 5) is 0. The van der Waals surface area contributed by atoms with Crippen molar-refractivity contribution >= 4 is 15.9 Å². The second-order valence-electron chi connectivity index (χ2n) is 3.59. The topological polar surface area (TPSA) is 27.1 Å². The van der Waals surface area contributed by atoms with Crippen molar-refractivity contribution in [1.82, 2.24) is 9.78 Å². The number of benzene rings is 1. The van der Waals surface area contributed by atoms with Crippen LogP contribution in [-0.4, -0.2) is 16.9 Å². The van der Waals surface area contributed by atoms with Crippen molar-refractivity contribution in [2.75, 3.05) is 7.11 Å². The Kier molecular flexibility index (Phi) is 3.01. The number of nitrogens with zero attached hydrogens (tertiary/aromatic N) is 2. The van der Waals surface area contributed by atoms with E-state index in [9.17, 15) is 0 Å². The van der Waals surface area contributed by atoms with Gasteiger partial charge in [0, 0.05) is 0 Å². The van der Waals surface area contributed by atoms with Crippen molar-refractivity contribution in [1.29, 1.82) is 0 Å². The first-order valence-corrected chi connectivity index (χ1v) is 5.79. The number of ether oxygens (including phenoxy) is 1. The largest absolute Gasteiger partial charge is 0.497 e. The van der Waals surface area contributed by atoms with Gasteiger partial charge in [0.2, 0.25) is 0 Å². The van der Waals surface area contributed by atoms with Gasteiger partial charge in [0.1, 0.15) is 5.75 Å². The third-order valence-corrected chi connectivity index (χ3v) is 3.67. The van der Waals surface area contributed by atoms with Crippen LogP contribution < -0.4 is 4.74 Å². The first-order valence-electron chi connectivity index (χ1n) is 4.99. The van der Waals surface area contributed by atoms with Crippen LogP contribution in [0.2, 0.25) is 0 Å². The molecule has 3 nitrogen and oxygen atoms in total. The van der Waals surface area contributed by atoms with E-state index in [0.717, 1.165) is 27.3 Å². The molecule has 2 aromatic rings. The Labute approximate surface area is 103 Å². The number of hydrogen-bond acceptors (Lipinski definition) is 2. The van der Waals surface area contributed by atoms with Gasteiger partial charge in [0.05, 0.1) is 28.7 Å². The van der Waals surface area contributed by atoms with Crippen LogP contribution >= 0.6 is 15.9 Å². The molecule has 4 heteroatoms. The number of halogens is 1. The molecule has 0 aliphatic heterocycles. The summed E-state index contributed by atoms with van der Waals surface area (Å²) in [6.07, 6.45) is 0. The van der Waals surface area contributed by atoms with Crippen molar-refractivity contribution < 1.29 is 4.74 Å². The second-order valence-corrected chi connectivity index (χ2v) is 4.39. The lowest BCUT2D eigenvalue weighted by atomic mass is 10.3. The van der Waals surface area contributed by atoms with Crippen molar-refractivity contribution in [2.45, 2.75) is 13.8 Å².